The maximum atomic E-state index is 12.1. The van der Waals surface area contributed by atoms with Crippen molar-refractivity contribution in [2.24, 2.45) is 5.73 Å². The van der Waals surface area contributed by atoms with Crippen molar-refractivity contribution in [3.63, 3.8) is 0 Å². The van der Waals surface area contributed by atoms with Gasteiger partial charge in [-0.2, -0.15) is 0 Å². The number of hydrogen-bond donors (Lipinski definition) is 1. The number of carbonyl (C=O) groups excluding carboxylic acids is 1. The van der Waals surface area contributed by atoms with E-state index in [9.17, 15) is 4.79 Å². The minimum absolute atomic E-state index is 0.0598. The molecular formula is C12H18N4O2. The van der Waals surface area contributed by atoms with Crippen molar-refractivity contribution in [3.05, 3.63) is 18.1 Å². The van der Waals surface area contributed by atoms with E-state index < -0.39 is 0 Å². The second-order valence-electron chi connectivity index (χ2n) is 4.45. The summed E-state index contributed by atoms with van der Waals surface area (Å²) in [5, 5.41) is 0. The van der Waals surface area contributed by atoms with Gasteiger partial charge >= 0.3 is 0 Å². The van der Waals surface area contributed by atoms with Crippen molar-refractivity contribution in [1.29, 1.82) is 0 Å². The predicted molar refractivity (Wildman–Crippen MR) is 66.6 cm³/mol. The summed E-state index contributed by atoms with van der Waals surface area (Å²) in [6.45, 7) is 2.06. The highest BCUT2D eigenvalue weighted by Crippen LogP contribution is 2.14. The summed E-state index contributed by atoms with van der Waals surface area (Å²) in [6.07, 6.45) is 4.88. The van der Waals surface area contributed by atoms with E-state index in [4.69, 9.17) is 10.5 Å². The largest absolute Gasteiger partial charge is 0.479 e. The van der Waals surface area contributed by atoms with Crippen LogP contribution >= 0.6 is 0 Å². The van der Waals surface area contributed by atoms with Crippen molar-refractivity contribution in [2.75, 3.05) is 26.7 Å². The second-order valence-corrected chi connectivity index (χ2v) is 4.45. The molecule has 1 fully saturated rings. The molecule has 0 unspecified atom stereocenters. The molecule has 1 aromatic rings. The zero-order valence-corrected chi connectivity index (χ0v) is 10.5. The summed E-state index contributed by atoms with van der Waals surface area (Å²) in [4.78, 5) is 22.2. The Kier molecular flexibility index (Phi) is 4.22. The Labute approximate surface area is 106 Å². The molecule has 98 valence electrons. The summed E-state index contributed by atoms with van der Waals surface area (Å²) in [6, 6.07) is 0.266. The maximum Gasteiger partial charge on any atom is 0.243 e. The molecular weight excluding hydrogens is 232 g/mol. The molecule has 0 aromatic carbocycles. The number of hydrogen-bond acceptors (Lipinski definition) is 6. The van der Waals surface area contributed by atoms with Gasteiger partial charge in [0.2, 0.25) is 11.7 Å². The number of piperidine rings is 1. The van der Waals surface area contributed by atoms with Crippen LogP contribution in [0.1, 0.15) is 23.3 Å². The van der Waals surface area contributed by atoms with Gasteiger partial charge in [0.05, 0.1) is 13.7 Å². The van der Waals surface area contributed by atoms with Gasteiger partial charge in [-0.15, -0.1) is 0 Å². The van der Waals surface area contributed by atoms with Crippen LogP contribution in [-0.4, -0.2) is 53.4 Å². The molecule has 2 rings (SSSR count). The Hall–Kier alpha value is -1.53. The third-order valence-corrected chi connectivity index (χ3v) is 3.12. The number of nitrogens with zero attached hydrogens (tertiary/aromatic N) is 3. The molecule has 0 saturated carbocycles. The molecule has 1 aliphatic rings. The lowest BCUT2D eigenvalue weighted by molar-refractivity contribution is 0.0900. The molecule has 0 radical (unpaired) electrons. The highest BCUT2D eigenvalue weighted by molar-refractivity contribution is 5.97. The average Bonchev–Trinajstić information content (AvgIpc) is 2.41. The number of methoxy groups -OCH3 is 1. The predicted octanol–water partition coefficient (Wildman–Crippen LogP) is 0.0910. The molecule has 1 saturated heterocycles. The fourth-order valence-corrected chi connectivity index (χ4v) is 2.05. The lowest BCUT2D eigenvalue weighted by Crippen LogP contribution is -2.42. The summed E-state index contributed by atoms with van der Waals surface area (Å²) < 4.78 is 5.04. The van der Waals surface area contributed by atoms with Crippen molar-refractivity contribution in [1.82, 2.24) is 14.9 Å². The Balaban J connectivity index is 1.99. The van der Waals surface area contributed by atoms with E-state index in [0.29, 0.717) is 12.2 Å². The molecule has 0 aliphatic carbocycles. The summed E-state index contributed by atoms with van der Waals surface area (Å²) in [5.41, 5.74) is 6.13. The average molecular weight is 250 g/mol. The molecule has 1 aliphatic heterocycles. The van der Waals surface area contributed by atoms with Gasteiger partial charge in [-0.25, -0.2) is 9.97 Å². The van der Waals surface area contributed by atoms with Crippen molar-refractivity contribution in [3.8, 4) is 5.88 Å². The first-order chi connectivity index (χ1) is 8.70. The van der Waals surface area contributed by atoms with E-state index in [1.807, 2.05) is 0 Å². The molecule has 2 N–H and O–H groups in total. The standard InChI is InChI=1S/C12H18N4O2/c1-18-12-11(14-4-5-15-12)10(17)8-16-6-2-9(13)3-7-16/h4-5,9H,2-3,6-8,13H2,1H3. The normalized spacial score (nSPS) is 17.7. The summed E-state index contributed by atoms with van der Waals surface area (Å²) >= 11 is 0. The van der Waals surface area contributed by atoms with Crippen molar-refractivity contribution < 1.29 is 9.53 Å². The van der Waals surface area contributed by atoms with Crippen molar-refractivity contribution >= 4 is 5.78 Å². The number of Topliss-reactive ketones (excluding diaryl/α,β-unsaturated/α-hetero) is 1. The zero-order valence-electron chi connectivity index (χ0n) is 10.5. The molecule has 0 bridgehead atoms. The topological polar surface area (TPSA) is 81.3 Å². The number of likely N-dealkylation sites (tertiary alicyclic amines) is 1. The Morgan fingerprint density at radius 3 is 2.78 bits per heavy atom. The maximum absolute atomic E-state index is 12.1. The van der Waals surface area contributed by atoms with E-state index in [2.05, 4.69) is 14.9 Å². The van der Waals surface area contributed by atoms with Gasteiger partial charge in [-0.05, 0) is 12.8 Å². The van der Waals surface area contributed by atoms with Crippen LogP contribution in [0.4, 0.5) is 0 Å². The first-order valence-corrected chi connectivity index (χ1v) is 6.07. The van der Waals surface area contributed by atoms with Gasteiger partial charge < -0.3 is 10.5 Å². The smallest absolute Gasteiger partial charge is 0.243 e. The minimum atomic E-state index is -0.0598. The number of aromatic nitrogens is 2. The van der Waals surface area contributed by atoms with Crippen LogP contribution in [0, 0.1) is 0 Å². The number of nitrogens with two attached hydrogens (primary N) is 1. The van der Waals surface area contributed by atoms with Crippen LogP contribution < -0.4 is 10.5 Å². The SMILES string of the molecule is COc1nccnc1C(=O)CN1CCC(N)CC1. The molecule has 6 heteroatoms. The number of rotatable bonds is 4. The van der Waals surface area contributed by atoms with Crippen LogP contribution in [0.5, 0.6) is 5.88 Å². The van der Waals surface area contributed by atoms with Crippen LogP contribution in [0.2, 0.25) is 0 Å². The van der Waals surface area contributed by atoms with Gasteiger partial charge in [0.1, 0.15) is 0 Å². The second kappa shape index (κ2) is 5.88. The molecule has 0 atom stereocenters. The van der Waals surface area contributed by atoms with E-state index in [0.717, 1.165) is 25.9 Å². The molecule has 6 nitrogen and oxygen atoms in total. The Morgan fingerprint density at radius 1 is 1.44 bits per heavy atom. The Bertz CT molecular complexity index is 416. The van der Waals surface area contributed by atoms with Crippen LogP contribution in [-0.2, 0) is 0 Å². The first-order valence-electron chi connectivity index (χ1n) is 6.07. The van der Waals surface area contributed by atoms with Crippen molar-refractivity contribution in [2.45, 2.75) is 18.9 Å². The first kappa shape index (κ1) is 12.9. The van der Waals surface area contributed by atoms with Crippen LogP contribution in [0.3, 0.4) is 0 Å². The summed E-state index contributed by atoms with van der Waals surface area (Å²) in [7, 11) is 1.49. The highest BCUT2D eigenvalue weighted by Gasteiger charge is 2.21. The van der Waals surface area contributed by atoms with E-state index >= 15 is 0 Å². The minimum Gasteiger partial charge on any atom is -0.479 e. The molecule has 18 heavy (non-hydrogen) atoms. The van der Waals surface area contributed by atoms with Gasteiger partial charge in [-0.1, -0.05) is 0 Å². The van der Waals surface area contributed by atoms with E-state index in [-0.39, 0.29) is 17.7 Å². The zero-order chi connectivity index (χ0) is 13.0. The number of carbonyl (C=O) groups is 1. The van der Waals surface area contributed by atoms with Crippen LogP contribution in [0.15, 0.2) is 12.4 Å². The van der Waals surface area contributed by atoms with Gasteiger partial charge in [0.15, 0.2) is 5.69 Å². The Morgan fingerprint density at radius 2 is 2.11 bits per heavy atom. The lowest BCUT2D eigenvalue weighted by Gasteiger charge is -2.29. The third kappa shape index (κ3) is 3.02. The van der Waals surface area contributed by atoms with E-state index in [1.165, 1.54) is 19.5 Å². The number of ketones is 1. The van der Waals surface area contributed by atoms with Gasteiger partial charge in [0, 0.05) is 31.5 Å². The summed E-state index contributed by atoms with van der Waals surface area (Å²) in [5.74, 6) is 0.228. The fraction of sp³-hybridized carbons (Fsp3) is 0.583. The van der Waals surface area contributed by atoms with Gasteiger partial charge in [-0.3, -0.25) is 9.69 Å². The third-order valence-electron chi connectivity index (χ3n) is 3.12. The quantitative estimate of drug-likeness (QED) is 0.763. The lowest BCUT2D eigenvalue weighted by atomic mass is 10.1. The fourth-order valence-electron chi connectivity index (χ4n) is 2.05. The highest BCUT2D eigenvalue weighted by atomic mass is 16.5. The van der Waals surface area contributed by atoms with Gasteiger partial charge in [0.25, 0.3) is 0 Å². The molecule has 0 spiro atoms. The molecule has 1 aromatic heterocycles. The molecule has 0 amide bonds. The number of ether oxygens (including phenoxy) is 1. The monoisotopic (exact) mass is 250 g/mol. The van der Waals surface area contributed by atoms with Crippen LogP contribution in [0.25, 0.3) is 0 Å². The van der Waals surface area contributed by atoms with E-state index in [1.54, 1.807) is 0 Å². The molecule has 2 heterocycles.